The van der Waals surface area contributed by atoms with Crippen molar-refractivity contribution in [3.63, 3.8) is 0 Å². The number of aromatic nitrogens is 1. The highest BCUT2D eigenvalue weighted by Crippen LogP contribution is 2.22. The van der Waals surface area contributed by atoms with Gasteiger partial charge in [-0.15, -0.1) is 0 Å². The maximum absolute atomic E-state index is 12.1. The van der Waals surface area contributed by atoms with Gasteiger partial charge in [0.05, 0.1) is 0 Å². The summed E-state index contributed by atoms with van der Waals surface area (Å²) in [7, 11) is 3.96. The Hall–Kier alpha value is -2.47. The second kappa shape index (κ2) is 7.40. The summed E-state index contributed by atoms with van der Waals surface area (Å²) in [5, 5.41) is 7.13. The number of hydrogen-bond acceptors (Lipinski definition) is 4. The van der Waals surface area contributed by atoms with Crippen molar-refractivity contribution in [2.24, 2.45) is 5.41 Å². The average Bonchev–Trinajstić information content (AvgIpc) is 2.52. The molecular formula is C18H24N4O2. The lowest BCUT2D eigenvalue weighted by Gasteiger charge is -2.28. The molecule has 0 unspecified atom stereocenters. The lowest BCUT2D eigenvalue weighted by Crippen LogP contribution is -2.43. The third kappa shape index (κ3) is 4.76. The lowest BCUT2D eigenvalue weighted by atomic mass is 9.93. The molecule has 128 valence electrons. The first-order valence-corrected chi connectivity index (χ1v) is 7.85. The van der Waals surface area contributed by atoms with Crippen molar-refractivity contribution < 1.29 is 9.59 Å². The van der Waals surface area contributed by atoms with E-state index in [4.69, 9.17) is 0 Å². The van der Waals surface area contributed by atoms with Crippen LogP contribution < -0.4 is 10.6 Å². The Morgan fingerprint density at radius 2 is 1.92 bits per heavy atom. The molecular weight excluding hydrogens is 304 g/mol. The first-order valence-electron chi connectivity index (χ1n) is 7.85. The average molecular weight is 328 g/mol. The molecule has 24 heavy (non-hydrogen) atoms. The number of carbonyl (C=O) groups is 2. The summed E-state index contributed by atoms with van der Waals surface area (Å²) in [6.45, 7) is 5.33. The van der Waals surface area contributed by atoms with Crippen molar-refractivity contribution in [3.05, 3.63) is 36.7 Å². The van der Waals surface area contributed by atoms with Crippen LogP contribution in [0.2, 0.25) is 0 Å². The Labute approximate surface area is 142 Å². The Kier molecular flexibility index (Phi) is 5.51. The summed E-state index contributed by atoms with van der Waals surface area (Å²) in [4.78, 5) is 30.3. The third-order valence-corrected chi connectivity index (χ3v) is 3.61. The summed E-state index contributed by atoms with van der Waals surface area (Å²) in [6.07, 6.45) is 3.37. The van der Waals surface area contributed by atoms with Crippen LogP contribution in [0.15, 0.2) is 36.7 Å². The number of pyridine rings is 1. The highest BCUT2D eigenvalue weighted by Gasteiger charge is 2.22. The molecule has 2 amide bonds. The molecule has 2 rings (SSSR count). The molecule has 0 saturated carbocycles. The molecule has 1 heterocycles. The second-order valence-electron chi connectivity index (χ2n) is 6.94. The van der Waals surface area contributed by atoms with E-state index in [1.807, 2.05) is 46.1 Å². The molecule has 0 saturated heterocycles. The minimum Gasteiger partial charge on any atom is -0.347 e. The minimum absolute atomic E-state index is 0.120. The normalized spacial score (nSPS) is 11.5. The first-order chi connectivity index (χ1) is 11.3. The van der Waals surface area contributed by atoms with Crippen LogP contribution in [0.3, 0.4) is 0 Å². The number of nitrogens with one attached hydrogen (secondary N) is 2. The van der Waals surface area contributed by atoms with Crippen LogP contribution in [0.5, 0.6) is 0 Å². The maximum Gasteiger partial charge on any atom is 0.313 e. The minimum atomic E-state index is -0.667. The van der Waals surface area contributed by atoms with Gasteiger partial charge in [-0.1, -0.05) is 26.0 Å². The van der Waals surface area contributed by atoms with Crippen molar-refractivity contribution in [3.8, 4) is 0 Å². The van der Waals surface area contributed by atoms with E-state index >= 15 is 0 Å². The predicted molar refractivity (Wildman–Crippen MR) is 95.7 cm³/mol. The summed E-state index contributed by atoms with van der Waals surface area (Å²) < 4.78 is 0. The van der Waals surface area contributed by atoms with Gasteiger partial charge in [0.15, 0.2) is 0 Å². The Bertz CT molecular complexity index is 735. The van der Waals surface area contributed by atoms with Gasteiger partial charge in [-0.05, 0) is 31.6 Å². The van der Waals surface area contributed by atoms with Crippen LogP contribution in [0, 0.1) is 5.41 Å². The number of carbonyl (C=O) groups excluding carboxylic acids is 2. The number of amides is 2. The number of hydrogen-bond donors (Lipinski definition) is 2. The molecule has 1 aromatic heterocycles. The Morgan fingerprint density at radius 1 is 1.17 bits per heavy atom. The van der Waals surface area contributed by atoms with E-state index in [1.165, 1.54) is 0 Å². The number of anilines is 1. The van der Waals surface area contributed by atoms with Crippen LogP contribution in [0.1, 0.15) is 13.8 Å². The fraction of sp³-hybridized carbons (Fsp3) is 0.389. The van der Waals surface area contributed by atoms with E-state index in [9.17, 15) is 9.59 Å². The zero-order valence-electron chi connectivity index (χ0n) is 14.6. The van der Waals surface area contributed by atoms with Crippen molar-refractivity contribution >= 4 is 28.3 Å². The van der Waals surface area contributed by atoms with Crippen LogP contribution in [-0.2, 0) is 9.59 Å². The van der Waals surface area contributed by atoms with Crippen LogP contribution >= 0.6 is 0 Å². The molecule has 0 aliphatic heterocycles. The fourth-order valence-corrected chi connectivity index (χ4v) is 2.72. The van der Waals surface area contributed by atoms with Crippen LogP contribution in [0.4, 0.5) is 5.69 Å². The van der Waals surface area contributed by atoms with Crippen LogP contribution in [0.25, 0.3) is 10.8 Å². The predicted octanol–water partition coefficient (Wildman–Crippen LogP) is 1.88. The second-order valence-corrected chi connectivity index (χ2v) is 6.94. The summed E-state index contributed by atoms with van der Waals surface area (Å²) in [5.41, 5.74) is 0.479. The molecule has 0 aliphatic carbocycles. The summed E-state index contributed by atoms with van der Waals surface area (Å²) in [5.74, 6) is -1.30. The van der Waals surface area contributed by atoms with E-state index in [-0.39, 0.29) is 5.41 Å². The van der Waals surface area contributed by atoms with E-state index < -0.39 is 11.8 Å². The standard InChI is InChI=1S/C18H24N4O2/c1-18(2,12-22(3)4)11-20-16(23)17(24)21-15-7-5-6-13-10-19-9-8-14(13)15/h5-10H,11-12H2,1-4H3,(H,20,23)(H,21,24). The van der Waals surface area contributed by atoms with Gasteiger partial charge in [-0.2, -0.15) is 0 Å². The quantitative estimate of drug-likeness (QED) is 0.822. The Balaban J connectivity index is 2.00. The molecule has 0 radical (unpaired) electrons. The summed E-state index contributed by atoms with van der Waals surface area (Å²) in [6, 6.07) is 7.30. The highest BCUT2D eigenvalue weighted by molar-refractivity contribution is 6.40. The molecule has 6 nitrogen and oxygen atoms in total. The number of nitrogens with zero attached hydrogens (tertiary/aromatic N) is 2. The van der Waals surface area contributed by atoms with Crippen molar-refractivity contribution in [1.82, 2.24) is 15.2 Å². The first kappa shape index (κ1) is 17.9. The SMILES string of the molecule is CN(C)CC(C)(C)CNC(=O)C(=O)Nc1cccc2cnccc12. The molecule has 0 spiro atoms. The van der Waals surface area contributed by atoms with Gasteiger partial charge in [-0.3, -0.25) is 14.6 Å². The van der Waals surface area contributed by atoms with Gasteiger partial charge in [0, 0.05) is 41.9 Å². The van der Waals surface area contributed by atoms with E-state index in [0.717, 1.165) is 17.3 Å². The maximum atomic E-state index is 12.1. The molecule has 0 aliphatic rings. The molecule has 2 aromatic rings. The topological polar surface area (TPSA) is 74.3 Å². The lowest BCUT2D eigenvalue weighted by molar-refractivity contribution is -0.136. The number of fused-ring (bicyclic) bond motifs is 1. The third-order valence-electron chi connectivity index (χ3n) is 3.61. The van der Waals surface area contributed by atoms with Crippen molar-refractivity contribution in [2.45, 2.75) is 13.8 Å². The zero-order chi connectivity index (χ0) is 17.7. The molecule has 0 fully saturated rings. The van der Waals surface area contributed by atoms with Gasteiger partial charge in [0.1, 0.15) is 0 Å². The van der Waals surface area contributed by atoms with Crippen molar-refractivity contribution in [1.29, 1.82) is 0 Å². The van der Waals surface area contributed by atoms with Crippen LogP contribution in [-0.4, -0.2) is 48.9 Å². The number of benzene rings is 1. The smallest absolute Gasteiger partial charge is 0.313 e. The van der Waals surface area contributed by atoms with E-state index in [0.29, 0.717) is 12.2 Å². The molecule has 2 N–H and O–H groups in total. The van der Waals surface area contributed by atoms with Gasteiger partial charge >= 0.3 is 11.8 Å². The fourth-order valence-electron chi connectivity index (χ4n) is 2.72. The van der Waals surface area contributed by atoms with Crippen molar-refractivity contribution in [2.75, 3.05) is 32.5 Å². The molecule has 0 atom stereocenters. The highest BCUT2D eigenvalue weighted by atomic mass is 16.2. The Morgan fingerprint density at radius 3 is 2.62 bits per heavy atom. The van der Waals surface area contributed by atoms with Gasteiger partial charge in [-0.25, -0.2) is 0 Å². The zero-order valence-corrected chi connectivity index (χ0v) is 14.6. The monoisotopic (exact) mass is 328 g/mol. The molecule has 1 aromatic carbocycles. The van der Waals surface area contributed by atoms with Gasteiger partial charge in [0.25, 0.3) is 0 Å². The molecule has 0 bridgehead atoms. The summed E-state index contributed by atoms with van der Waals surface area (Å²) >= 11 is 0. The van der Waals surface area contributed by atoms with E-state index in [2.05, 4.69) is 20.5 Å². The van der Waals surface area contributed by atoms with E-state index in [1.54, 1.807) is 18.5 Å². The van der Waals surface area contributed by atoms with Gasteiger partial charge < -0.3 is 15.5 Å². The number of rotatable bonds is 5. The largest absolute Gasteiger partial charge is 0.347 e. The van der Waals surface area contributed by atoms with Gasteiger partial charge in [0.2, 0.25) is 0 Å². The molecule has 6 heteroatoms.